The Morgan fingerprint density at radius 2 is 1.86 bits per heavy atom. The van der Waals surface area contributed by atoms with Crippen LogP contribution in [-0.4, -0.2) is 17.8 Å². The number of ether oxygens (including phenoxy) is 1. The number of aliphatic hydroxyl groups is 1. The highest BCUT2D eigenvalue weighted by molar-refractivity contribution is 5.13. The van der Waals surface area contributed by atoms with Crippen molar-refractivity contribution in [1.82, 2.24) is 0 Å². The average Bonchev–Trinajstić information content (AvgIpc) is 2.26. The van der Waals surface area contributed by atoms with E-state index in [1.807, 2.05) is 44.2 Å². The lowest BCUT2D eigenvalue weighted by Gasteiger charge is -2.18. The van der Waals surface area contributed by atoms with E-state index in [9.17, 15) is 0 Å². The zero-order chi connectivity index (χ0) is 10.4. The Hall–Kier alpha value is -0.860. The Morgan fingerprint density at radius 1 is 1.21 bits per heavy atom. The molecular formula is C12H18O2. The maximum atomic E-state index is 8.92. The smallest absolute Gasteiger partial charge is 0.0720 e. The summed E-state index contributed by atoms with van der Waals surface area (Å²) in [5, 5.41) is 8.92. The monoisotopic (exact) mass is 194 g/mol. The topological polar surface area (TPSA) is 29.5 Å². The van der Waals surface area contributed by atoms with E-state index in [4.69, 9.17) is 9.84 Å². The number of hydrogen-bond acceptors (Lipinski definition) is 2. The first kappa shape index (κ1) is 11.2. The highest BCUT2D eigenvalue weighted by Gasteiger charge is 2.10. The molecule has 0 saturated heterocycles. The van der Waals surface area contributed by atoms with Gasteiger partial charge in [-0.1, -0.05) is 37.3 Å². The van der Waals surface area contributed by atoms with Crippen LogP contribution in [-0.2, 0) is 11.3 Å². The molecule has 0 amide bonds. The molecule has 0 aliphatic heterocycles. The lowest BCUT2D eigenvalue weighted by molar-refractivity contribution is 0.00153. The highest BCUT2D eigenvalue weighted by atomic mass is 16.5. The predicted octanol–water partition coefficient (Wildman–Crippen LogP) is 2.22. The summed E-state index contributed by atoms with van der Waals surface area (Å²) >= 11 is 0. The molecule has 0 heterocycles. The number of aliphatic hydroxyl groups excluding tert-OH is 1. The second-order valence-corrected chi connectivity index (χ2v) is 3.66. The summed E-state index contributed by atoms with van der Waals surface area (Å²) in [6.07, 6.45) is 0.0974. The van der Waals surface area contributed by atoms with Gasteiger partial charge in [0, 0.05) is 12.5 Å². The summed E-state index contributed by atoms with van der Waals surface area (Å²) in [5.41, 5.74) is 1.17. The number of hydrogen-bond donors (Lipinski definition) is 1. The van der Waals surface area contributed by atoms with E-state index >= 15 is 0 Å². The third-order valence-electron chi connectivity index (χ3n) is 2.45. The number of rotatable bonds is 5. The molecule has 2 heteroatoms. The van der Waals surface area contributed by atoms with Gasteiger partial charge >= 0.3 is 0 Å². The zero-order valence-corrected chi connectivity index (χ0v) is 8.81. The summed E-state index contributed by atoms with van der Waals surface area (Å²) in [6, 6.07) is 10.1. The van der Waals surface area contributed by atoms with Gasteiger partial charge in [0.25, 0.3) is 0 Å². The summed E-state index contributed by atoms with van der Waals surface area (Å²) in [7, 11) is 0. The van der Waals surface area contributed by atoms with E-state index in [-0.39, 0.29) is 18.6 Å². The summed E-state index contributed by atoms with van der Waals surface area (Å²) in [5.74, 6) is 0.193. The summed E-state index contributed by atoms with van der Waals surface area (Å²) in [4.78, 5) is 0. The minimum absolute atomic E-state index is 0.0974. The van der Waals surface area contributed by atoms with E-state index in [1.165, 1.54) is 5.56 Å². The van der Waals surface area contributed by atoms with Gasteiger partial charge in [-0.05, 0) is 12.5 Å². The predicted molar refractivity (Wildman–Crippen MR) is 56.9 cm³/mol. The van der Waals surface area contributed by atoms with Gasteiger partial charge in [-0.15, -0.1) is 0 Å². The molecule has 0 aliphatic rings. The first-order valence-corrected chi connectivity index (χ1v) is 5.00. The molecule has 0 aliphatic carbocycles. The Balaban J connectivity index is 2.34. The van der Waals surface area contributed by atoms with Crippen molar-refractivity contribution in [2.24, 2.45) is 5.92 Å². The van der Waals surface area contributed by atoms with Crippen LogP contribution in [0.2, 0.25) is 0 Å². The van der Waals surface area contributed by atoms with Gasteiger partial charge in [0.2, 0.25) is 0 Å². The molecule has 0 saturated carbocycles. The van der Waals surface area contributed by atoms with E-state index < -0.39 is 0 Å². The Morgan fingerprint density at radius 3 is 2.43 bits per heavy atom. The molecule has 0 radical (unpaired) electrons. The van der Waals surface area contributed by atoms with Gasteiger partial charge in [-0.3, -0.25) is 0 Å². The first-order valence-electron chi connectivity index (χ1n) is 5.00. The normalized spacial score (nSPS) is 15.1. The third kappa shape index (κ3) is 3.48. The first-order chi connectivity index (χ1) is 6.74. The molecule has 14 heavy (non-hydrogen) atoms. The van der Waals surface area contributed by atoms with Crippen molar-refractivity contribution >= 4 is 0 Å². The van der Waals surface area contributed by atoms with Crippen molar-refractivity contribution in [2.75, 3.05) is 6.61 Å². The molecule has 2 atom stereocenters. The molecule has 1 rings (SSSR count). The van der Waals surface area contributed by atoms with Gasteiger partial charge < -0.3 is 9.84 Å². The fourth-order valence-electron chi connectivity index (χ4n) is 1.11. The van der Waals surface area contributed by atoms with Crippen LogP contribution in [0.3, 0.4) is 0 Å². The number of benzene rings is 1. The second kappa shape index (κ2) is 5.78. The molecule has 78 valence electrons. The average molecular weight is 194 g/mol. The Kier molecular flexibility index (Phi) is 4.63. The van der Waals surface area contributed by atoms with Crippen molar-refractivity contribution in [3.8, 4) is 0 Å². The van der Waals surface area contributed by atoms with E-state index in [0.29, 0.717) is 6.61 Å². The SMILES string of the molecule is CC(CO)C(C)OCc1ccccc1. The second-order valence-electron chi connectivity index (χ2n) is 3.66. The van der Waals surface area contributed by atoms with Crippen LogP contribution in [0.1, 0.15) is 19.4 Å². The van der Waals surface area contributed by atoms with Crippen molar-refractivity contribution < 1.29 is 9.84 Å². The van der Waals surface area contributed by atoms with Crippen LogP contribution in [0, 0.1) is 5.92 Å². The molecule has 1 aromatic carbocycles. The largest absolute Gasteiger partial charge is 0.396 e. The van der Waals surface area contributed by atoms with Crippen LogP contribution in [0.5, 0.6) is 0 Å². The fourth-order valence-corrected chi connectivity index (χ4v) is 1.11. The molecule has 1 N–H and O–H groups in total. The van der Waals surface area contributed by atoms with Gasteiger partial charge in [-0.2, -0.15) is 0 Å². The van der Waals surface area contributed by atoms with Crippen LogP contribution in [0.4, 0.5) is 0 Å². The quantitative estimate of drug-likeness (QED) is 0.778. The molecular weight excluding hydrogens is 176 g/mol. The summed E-state index contributed by atoms with van der Waals surface area (Å²) in [6.45, 7) is 4.77. The molecule has 2 nitrogen and oxygen atoms in total. The molecule has 1 aromatic rings. The van der Waals surface area contributed by atoms with E-state index in [1.54, 1.807) is 0 Å². The van der Waals surface area contributed by atoms with Crippen LogP contribution in [0.15, 0.2) is 30.3 Å². The Labute approximate surface area is 85.5 Å². The molecule has 0 bridgehead atoms. The Bertz CT molecular complexity index is 246. The minimum atomic E-state index is 0.0974. The minimum Gasteiger partial charge on any atom is -0.396 e. The fraction of sp³-hybridized carbons (Fsp3) is 0.500. The lowest BCUT2D eigenvalue weighted by atomic mass is 10.1. The van der Waals surface area contributed by atoms with Crippen LogP contribution < -0.4 is 0 Å². The van der Waals surface area contributed by atoms with Crippen molar-refractivity contribution in [3.05, 3.63) is 35.9 Å². The van der Waals surface area contributed by atoms with Gasteiger partial charge in [-0.25, -0.2) is 0 Å². The lowest BCUT2D eigenvalue weighted by Crippen LogP contribution is -2.20. The van der Waals surface area contributed by atoms with Gasteiger partial charge in [0.05, 0.1) is 12.7 Å². The van der Waals surface area contributed by atoms with E-state index in [0.717, 1.165) is 0 Å². The third-order valence-corrected chi connectivity index (χ3v) is 2.45. The van der Waals surface area contributed by atoms with E-state index in [2.05, 4.69) is 0 Å². The molecule has 2 unspecified atom stereocenters. The van der Waals surface area contributed by atoms with Crippen molar-refractivity contribution in [1.29, 1.82) is 0 Å². The summed E-state index contributed by atoms with van der Waals surface area (Å²) < 4.78 is 5.62. The maximum Gasteiger partial charge on any atom is 0.0720 e. The maximum absolute atomic E-state index is 8.92. The molecule has 0 spiro atoms. The zero-order valence-electron chi connectivity index (χ0n) is 8.81. The van der Waals surface area contributed by atoms with Crippen LogP contribution in [0.25, 0.3) is 0 Å². The van der Waals surface area contributed by atoms with Gasteiger partial charge in [0.1, 0.15) is 0 Å². The molecule has 0 aromatic heterocycles. The van der Waals surface area contributed by atoms with Crippen LogP contribution >= 0.6 is 0 Å². The van der Waals surface area contributed by atoms with Gasteiger partial charge in [0.15, 0.2) is 0 Å². The van der Waals surface area contributed by atoms with Crippen molar-refractivity contribution in [2.45, 2.75) is 26.6 Å². The molecule has 0 fully saturated rings. The van der Waals surface area contributed by atoms with Crippen molar-refractivity contribution in [3.63, 3.8) is 0 Å². The standard InChI is InChI=1S/C12H18O2/c1-10(8-13)11(2)14-9-12-6-4-3-5-7-12/h3-7,10-11,13H,8-9H2,1-2H3. The highest BCUT2D eigenvalue weighted by Crippen LogP contribution is 2.09.